The molecule has 1 atom stereocenters. The lowest BCUT2D eigenvalue weighted by molar-refractivity contribution is -0.139. The molecule has 2 saturated heterocycles. The van der Waals surface area contributed by atoms with Crippen LogP contribution in [0.15, 0.2) is 0 Å². The summed E-state index contributed by atoms with van der Waals surface area (Å²) in [5, 5.41) is -0.293. The Hall–Kier alpha value is -1.04. The van der Waals surface area contributed by atoms with Gasteiger partial charge in [-0.3, -0.25) is 19.3 Å². The van der Waals surface area contributed by atoms with Gasteiger partial charge in [-0.05, 0) is 25.7 Å². The molecule has 18 heavy (non-hydrogen) atoms. The summed E-state index contributed by atoms with van der Waals surface area (Å²) in [5.74, 6) is -0.169. The van der Waals surface area contributed by atoms with Crippen molar-refractivity contribution in [3.8, 4) is 0 Å². The summed E-state index contributed by atoms with van der Waals surface area (Å²) >= 11 is 0.975. The van der Waals surface area contributed by atoms with Gasteiger partial charge in [0.2, 0.25) is 11.8 Å². The van der Waals surface area contributed by atoms with Crippen LogP contribution in [0.4, 0.5) is 4.79 Å². The minimum atomic E-state index is -0.293. The van der Waals surface area contributed by atoms with E-state index in [9.17, 15) is 14.4 Å². The fourth-order valence-corrected chi connectivity index (χ4v) is 3.24. The quantitative estimate of drug-likeness (QED) is 0.779. The van der Waals surface area contributed by atoms with Crippen LogP contribution in [0, 0.1) is 0 Å². The number of thioether (sulfide) groups is 1. The Morgan fingerprint density at radius 2 is 2.17 bits per heavy atom. The number of amides is 3. The maximum absolute atomic E-state index is 12.2. The summed E-state index contributed by atoms with van der Waals surface area (Å²) in [6.45, 7) is 2.74. The minimum absolute atomic E-state index is 0.0822. The molecule has 0 aromatic heterocycles. The maximum atomic E-state index is 12.2. The molecular weight excluding hydrogens is 252 g/mol. The minimum Gasteiger partial charge on any atom is -0.338 e. The molecule has 2 aliphatic rings. The number of hydrogen-bond donors (Lipinski definition) is 0. The zero-order valence-electron chi connectivity index (χ0n) is 10.6. The average molecular weight is 270 g/mol. The summed E-state index contributed by atoms with van der Waals surface area (Å²) in [5.41, 5.74) is 0. The van der Waals surface area contributed by atoms with Crippen LogP contribution in [0.2, 0.25) is 0 Å². The largest absolute Gasteiger partial charge is 0.338 e. The molecule has 2 fully saturated rings. The lowest BCUT2D eigenvalue weighted by Crippen LogP contribution is -2.48. The van der Waals surface area contributed by atoms with Crippen LogP contribution in [-0.2, 0) is 9.59 Å². The van der Waals surface area contributed by atoms with Crippen molar-refractivity contribution in [2.75, 3.05) is 18.8 Å². The van der Waals surface area contributed by atoms with E-state index in [1.807, 2.05) is 4.90 Å². The Morgan fingerprint density at radius 1 is 1.39 bits per heavy atom. The second kappa shape index (κ2) is 5.73. The van der Waals surface area contributed by atoms with E-state index in [1.54, 1.807) is 0 Å². The van der Waals surface area contributed by atoms with E-state index < -0.39 is 0 Å². The van der Waals surface area contributed by atoms with Crippen LogP contribution in [0.1, 0.15) is 32.6 Å². The molecule has 2 aliphatic heterocycles. The van der Waals surface area contributed by atoms with Gasteiger partial charge in [-0.2, -0.15) is 0 Å². The highest BCUT2D eigenvalue weighted by Gasteiger charge is 2.34. The van der Waals surface area contributed by atoms with Gasteiger partial charge in [-0.25, -0.2) is 0 Å². The van der Waals surface area contributed by atoms with Gasteiger partial charge in [-0.1, -0.05) is 18.7 Å². The molecule has 0 aromatic carbocycles. The Kier molecular flexibility index (Phi) is 4.27. The highest BCUT2D eigenvalue weighted by Crippen LogP contribution is 2.22. The lowest BCUT2D eigenvalue weighted by Gasteiger charge is -2.35. The first-order valence-electron chi connectivity index (χ1n) is 6.40. The first-order chi connectivity index (χ1) is 8.63. The third-order valence-electron chi connectivity index (χ3n) is 3.55. The number of carbonyl (C=O) groups excluding carboxylic acids is 3. The molecule has 2 rings (SSSR count). The first kappa shape index (κ1) is 13.4. The molecule has 0 spiro atoms. The maximum Gasteiger partial charge on any atom is 0.289 e. The molecule has 5 nitrogen and oxygen atoms in total. The molecule has 0 N–H and O–H groups in total. The fourth-order valence-electron chi connectivity index (χ4n) is 2.51. The molecular formula is C12H18N2O3S. The average Bonchev–Trinajstić information content (AvgIpc) is 2.70. The Balaban J connectivity index is 1.98. The molecule has 0 aromatic rings. The smallest absolute Gasteiger partial charge is 0.289 e. The molecule has 100 valence electrons. The summed E-state index contributed by atoms with van der Waals surface area (Å²) in [6.07, 6.45) is 4.12. The topological polar surface area (TPSA) is 57.7 Å². The van der Waals surface area contributed by atoms with Gasteiger partial charge in [0.25, 0.3) is 5.24 Å². The van der Waals surface area contributed by atoms with Gasteiger partial charge in [-0.15, -0.1) is 0 Å². The number of piperidine rings is 1. The summed E-state index contributed by atoms with van der Waals surface area (Å²) in [4.78, 5) is 38.0. The van der Waals surface area contributed by atoms with Gasteiger partial charge in [0.15, 0.2) is 0 Å². The van der Waals surface area contributed by atoms with Crippen molar-refractivity contribution in [3.05, 3.63) is 0 Å². The van der Waals surface area contributed by atoms with Crippen molar-refractivity contribution >= 4 is 28.8 Å². The van der Waals surface area contributed by atoms with E-state index in [0.717, 1.165) is 48.9 Å². The zero-order valence-corrected chi connectivity index (χ0v) is 11.4. The van der Waals surface area contributed by atoms with Crippen LogP contribution < -0.4 is 0 Å². The van der Waals surface area contributed by atoms with Crippen molar-refractivity contribution in [1.29, 1.82) is 0 Å². The molecule has 6 heteroatoms. The van der Waals surface area contributed by atoms with E-state index in [4.69, 9.17) is 0 Å². The molecule has 2 heterocycles. The highest BCUT2D eigenvalue weighted by atomic mass is 32.2. The van der Waals surface area contributed by atoms with Crippen LogP contribution in [0.25, 0.3) is 0 Å². The Labute approximate surface area is 111 Å². The normalized spacial score (nSPS) is 24.8. The molecule has 0 radical (unpaired) electrons. The van der Waals surface area contributed by atoms with Gasteiger partial charge in [0, 0.05) is 12.6 Å². The zero-order chi connectivity index (χ0) is 13.1. The Bertz CT molecular complexity index is 356. The molecule has 0 unspecified atom stereocenters. The standard InChI is InChI=1S/C12H18N2O3S/c1-2-9-5-3-4-6-13(9)10(15)7-14-11(16)8-18-12(14)17/h9H,2-8H2,1H3/t9-/m0/s1. The van der Waals surface area contributed by atoms with Crippen molar-refractivity contribution in [2.24, 2.45) is 0 Å². The van der Waals surface area contributed by atoms with Crippen LogP contribution >= 0.6 is 11.8 Å². The third-order valence-corrected chi connectivity index (χ3v) is 4.41. The number of carbonyl (C=O) groups is 3. The summed E-state index contributed by atoms with van der Waals surface area (Å²) in [7, 11) is 0. The van der Waals surface area contributed by atoms with Gasteiger partial charge in [0.05, 0.1) is 5.75 Å². The van der Waals surface area contributed by atoms with Crippen molar-refractivity contribution in [3.63, 3.8) is 0 Å². The van der Waals surface area contributed by atoms with Crippen molar-refractivity contribution in [1.82, 2.24) is 9.80 Å². The van der Waals surface area contributed by atoms with Crippen LogP contribution in [0.3, 0.4) is 0 Å². The molecule has 3 amide bonds. The van der Waals surface area contributed by atoms with Gasteiger partial charge < -0.3 is 4.90 Å². The van der Waals surface area contributed by atoms with E-state index >= 15 is 0 Å². The monoisotopic (exact) mass is 270 g/mol. The third kappa shape index (κ3) is 2.68. The van der Waals surface area contributed by atoms with Crippen molar-refractivity contribution in [2.45, 2.75) is 38.6 Å². The second-order valence-electron chi connectivity index (χ2n) is 4.68. The predicted molar refractivity (Wildman–Crippen MR) is 69.2 cm³/mol. The Morgan fingerprint density at radius 3 is 2.78 bits per heavy atom. The van der Waals surface area contributed by atoms with Crippen LogP contribution in [0.5, 0.6) is 0 Å². The van der Waals surface area contributed by atoms with E-state index in [1.165, 1.54) is 0 Å². The van der Waals surface area contributed by atoms with Crippen molar-refractivity contribution < 1.29 is 14.4 Å². The summed E-state index contributed by atoms with van der Waals surface area (Å²) in [6, 6.07) is 0.270. The molecule has 0 bridgehead atoms. The molecule has 0 aliphatic carbocycles. The fraction of sp³-hybridized carbons (Fsp3) is 0.750. The first-order valence-corrected chi connectivity index (χ1v) is 7.38. The van der Waals surface area contributed by atoms with E-state index in [-0.39, 0.29) is 35.4 Å². The number of hydrogen-bond acceptors (Lipinski definition) is 4. The predicted octanol–water partition coefficient (Wildman–Crippen LogP) is 1.47. The highest BCUT2D eigenvalue weighted by molar-refractivity contribution is 8.14. The van der Waals surface area contributed by atoms with E-state index in [0.29, 0.717) is 0 Å². The lowest BCUT2D eigenvalue weighted by atomic mass is 10.00. The van der Waals surface area contributed by atoms with Crippen LogP contribution in [-0.4, -0.2) is 51.7 Å². The number of imide groups is 1. The summed E-state index contributed by atoms with van der Waals surface area (Å²) < 4.78 is 0. The van der Waals surface area contributed by atoms with Gasteiger partial charge in [0.1, 0.15) is 6.54 Å². The SMILES string of the molecule is CC[C@H]1CCCCN1C(=O)CN1C(=O)CSC1=O. The number of rotatable bonds is 3. The van der Waals surface area contributed by atoms with Gasteiger partial charge >= 0.3 is 0 Å². The number of likely N-dealkylation sites (tertiary alicyclic amines) is 1. The van der Waals surface area contributed by atoms with E-state index in [2.05, 4.69) is 6.92 Å². The molecule has 0 saturated carbocycles. The number of nitrogens with zero attached hydrogens (tertiary/aromatic N) is 2. The second-order valence-corrected chi connectivity index (χ2v) is 5.61.